The third kappa shape index (κ3) is 3.24. The van der Waals surface area contributed by atoms with Crippen LogP contribution >= 0.6 is 0 Å². The Kier molecular flexibility index (Phi) is 2.59. The average Bonchev–Trinajstić information content (AvgIpc) is 3.59. The van der Waals surface area contributed by atoms with Crippen molar-refractivity contribution >= 4 is 65.0 Å². The van der Waals surface area contributed by atoms with Crippen molar-refractivity contribution in [3.05, 3.63) is 145 Å². The summed E-state index contributed by atoms with van der Waals surface area (Å²) in [6, 6.07) is 6.30. The molecule has 0 radical (unpaired) electrons. The van der Waals surface area contributed by atoms with Gasteiger partial charge in [0.2, 0.25) is 0 Å². The molecule has 0 atom stereocenters. The molecule has 0 N–H and O–H groups in total. The second-order valence-electron chi connectivity index (χ2n) is 9.69. The minimum atomic E-state index is -0.739. The molecule has 0 aliphatic heterocycles. The molecule has 0 spiro atoms. The van der Waals surface area contributed by atoms with E-state index < -0.39 is 107 Å². The first kappa shape index (κ1) is 12.4. The van der Waals surface area contributed by atoms with E-state index in [9.17, 15) is 8.22 Å². The summed E-state index contributed by atoms with van der Waals surface area (Å²) in [7, 11) is 0. The van der Waals surface area contributed by atoms with Gasteiger partial charge in [0.25, 0.3) is 0 Å². The lowest BCUT2D eigenvalue weighted by Gasteiger charge is -2.18. The largest absolute Gasteiger partial charge is 0.456 e. The van der Waals surface area contributed by atoms with Crippen molar-refractivity contribution in [2.75, 3.05) is 0 Å². The Morgan fingerprint density at radius 1 is 0.439 bits per heavy atom. The van der Waals surface area contributed by atoms with Gasteiger partial charge in [-0.2, -0.15) is 0 Å². The third-order valence-electron chi connectivity index (χ3n) is 7.53. The molecule has 190 valence electrons. The molecule has 0 fully saturated rings. The molecule has 0 aliphatic carbocycles. The normalized spacial score (nSPS) is 17.0. The van der Waals surface area contributed by atoms with Crippen molar-refractivity contribution in [3.8, 4) is 22.3 Å². The minimum absolute atomic E-state index is 0.0193. The van der Waals surface area contributed by atoms with E-state index in [1.807, 2.05) is 30.3 Å². The molecule has 0 aliphatic rings. The molecule has 1 heteroatoms. The van der Waals surface area contributed by atoms with Gasteiger partial charge >= 0.3 is 0 Å². The average molecular weight is 536 g/mol. The summed E-state index contributed by atoms with van der Waals surface area (Å²) in [4.78, 5) is 0. The highest BCUT2D eigenvalue weighted by atomic mass is 16.3. The van der Waals surface area contributed by atoms with Crippen LogP contribution in [0.1, 0.15) is 20.6 Å². The number of hydrogen-bond donors (Lipinski definition) is 0. The highest BCUT2D eigenvalue weighted by molar-refractivity contribution is 6.28. The smallest absolute Gasteiger partial charge is 0.136 e. The number of hydrogen-bond acceptors (Lipinski definition) is 1. The van der Waals surface area contributed by atoms with Crippen molar-refractivity contribution in [1.82, 2.24) is 0 Å². The van der Waals surface area contributed by atoms with Crippen molar-refractivity contribution in [2.24, 2.45) is 0 Å². The molecule has 9 rings (SSSR count). The van der Waals surface area contributed by atoms with Crippen LogP contribution in [-0.2, 0) is 0 Å². The SMILES string of the molecule is [2H]c1c([2H])c([2H])c2c([2H])c(-c3c4c([2H])c([2H])c([2H])c([2H])c4c(-c4cccc5oc6ccc7ccccc7c6c45)c4c([2H])c([2H])c([2H])c([2H])c34)c([2H])c([2H])c2c1[2H]. The first-order valence-electron chi connectivity index (χ1n) is 20.4. The quantitative estimate of drug-likeness (QED) is 0.201. The second kappa shape index (κ2) is 8.55. The van der Waals surface area contributed by atoms with E-state index in [1.54, 1.807) is 24.3 Å². The van der Waals surface area contributed by atoms with Crippen LogP contribution in [0.3, 0.4) is 0 Å². The Bertz CT molecular complexity index is 3230. The zero-order chi connectivity index (χ0) is 40.0. The van der Waals surface area contributed by atoms with E-state index in [0.717, 1.165) is 10.8 Å². The van der Waals surface area contributed by atoms with Gasteiger partial charge in [0.15, 0.2) is 0 Å². The number of fused-ring (bicyclic) bond motifs is 8. The number of furan rings is 1. The molecule has 41 heavy (non-hydrogen) atoms. The van der Waals surface area contributed by atoms with Gasteiger partial charge in [-0.25, -0.2) is 0 Å². The molecule has 0 saturated heterocycles. The Hall–Kier alpha value is -5.40. The molecule has 1 heterocycles. The van der Waals surface area contributed by atoms with E-state index in [-0.39, 0.29) is 32.7 Å². The molecule has 0 saturated carbocycles. The van der Waals surface area contributed by atoms with Crippen LogP contribution in [0.2, 0.25) is 0 Å². The van der Waals surface area contributed by atoms with Crippen LogP contribution in [0.4, 0.5) is 0 Å². The number of rotatable bonds is 2. The summed E-state index contributed by atoms with van der Waals surface area (Å²) in [6.45, 7) is 0. The van der Waals surface area contributed by atoms with Crippen molar-refractivity contribution in [3.63, 3.8) is 0 Å². The van der Waals surface area contributed by atoms with E-state index >= 15 is 0 Å². The summed E-state index contributed by atoms with van der Waals surface area (Å²) in [5, 5.41) is 1.01. The molecule has 1 nitrogen and oxygen atoms in total. The maximum atomic E-state index is 9.43. The van der Waals surface area contributed by atoms with E-state index in [0.29, 0.717) is 27.5 Å². The zero-order valence-corrected chi connectivity index (χ0v) is 21.1. The molecule has 8 aromatic carbocycles. The predicted molar refractivity (Wildman–Crippen MR) is 175 cm³/mol. The fourth-order valence-corrected chi connectivity index (χ4v) is 5.85. The Balaban J connectivity index is 1.64. The fourth-order valence-electron chi connectivity index (χ4n) is 5.85. The zero-order valence-electron chi connectivity index (χ0n) is 36.1. The van der Waals surface area contributed by atoms with Crippen LogP contribution in [0.15, 0.2) is 150 Å². The first-order valence-corrected chi connectivity index (χ1v) is 12.9. The van der Waals surface area contributed by atoms with Crippen molar-refractivity contribution in [2.45, 2.75) is 0 Å². The number of benzene rings is 8. The van der Waals surface area contributed by atoms with Crippen LogP contribution in [-0.4, -0.2) is 0 Å². The first-order chi connectivity index (χ1) is 26.6. The summed E-state index contributed by atoms with van der Waals surface area (Å²) >= 11 is 0. The summed E-state index contributed by atoms with van der Waals surface area (Å²) in [5.41, 5.74) is 0.366. The van der Waals surface area contributed by atoms with E-state index in [1.165, 1.54) is 0 Å². The standard InChI is InChI=1S/C40H24O/c1-2-12-27-24-28(21-20-25(27)10-1)37-30-14-5-7-16-32(30)38(33-17-8-6-15-31(33)37)34-18-9-19-35-40(34)39-29-13-4-3-11-26(29)22-23-36(39)41-35/h1-24H/i1D,2D,5D,6D,7D,8D,10D,12D,14D,15D,16D,17D,20D,21D,24D. The molecular formula is C40H24O. The molecule has 0 bridgehead atoms. The summed E-state index contributed by atoms with van der Waals surface area (Å²) in [5.74, 6) is 0. The lowest BCUT2D eigenvalue weighted by Crippen LogP contribution is -1.91. The Labute approximate surface area is 258 Å². The molecule has 0 unspecified atom stereocenters. The monoisotopic (exact) mass is 535 g/mol. The van der Waals surface area contributed by atoms with E-state index in [4.69, 9.17) is 16.8 Å². The Morgan fingerprint density at radius 3 is 1.88 bits per heavy atom. The topological polar surface area (TPSA) is 13.1 Å². The van der Waals surface area contributed by atoms with Crippen LogP contribution in [0, 0.1) is 0 Å². The second-order valence-corrected chi connectivity index (χ2v) is 9.69. The van der Waals surface area contributed by atoms with Gasteiger partial charge in [0.05, 0.1) is 20.6 Å². The van der Waals surface area contributed by atoms with Gasteiger partial charge in [0.1, 0.15) is 11.2 Å². The molecule has 0 amide bonds. The maximum Gasteiger partial charge on any atom is 0.136 e. The lowest BCUT2D eigenvalue weighted by molar-refractivity contribution is 0.669. The van der Waals surface area contributed by atoms with E-state index in [2.05, 4.69) is 0 Å². The lowest BCUT2D eigenvalue weighted by atomic mass is 9.84. The van der Waals surface area contributed by atoms with Crippen LogP contribution < -0.4 is 0 Å². The van der Waals surface area contributed by atoms with Crippen molar-refractivity contribution < 1.29 is 25.0 Å². The third-order valence-corrected chi connectivity index (χ3v) is 7.53. The molecular weight excluding hydrogens is 496 g/mol. The summed E-state index contributed by atoms with van der Waals surface area (Å²) in [6.07, 6.45) is 0. The van der Waals surface area contributed by atoms with Crippen molar-refractivity contribution in [1.29, 1.82) is 0 Å². The molecule has 1 aromatic heterocycles. The fraction of sp³-hybridized carbons (Fsp3) is 0. The predicted octanol–water partition coefficient (Wildman–Crippen LogP) is 11.5. The van der Waals surface area contributed by atoms with Gasteiger partial charge in [-0.15, -0.1) is 0 Å². The molecule has 9 aromatic rings. The van der Waals surface area contributed by atoms with Crippen LogP contribution in [0.25, 0.3) is 87.3 Å². The minimum Gasteiger partial charge on any atom is -0.456 e. The Morgan fingerprint density at radius 2 is 1.10 bits per heavy atom. The van der Waals surface area contributed by atoms with Gasteiger partial charge in [-0.1, -0.05) is 127 Å². The van der Waals surface area contributed by atoms with Gasteiger partial charge in [0, 0.05) is 10.8 Å². The van der Waals surface area contributed by atoms with Crippen LogP contribution in [0.5, 0.6) is 0 Å². The van der Waals surface area contributed by atoms with Gasteiger partial charge in [-0.3, -0.25) is 0 Å². The highest BCUT2D eigenvalue weighted by Gasteiger charge is 2.21. The highest BCUT2D eigenvalue weighted by Crippen LogP contribution is 2.47. The maximum absolute atomic E-state index is 9.43. The van der Waals surface area contributed by atoms with Gasteiger partial charge in [-0.05, 0) is 83.5 Å². The summed E-state index contributed by atoms with van der Waals surface area (Å²) < 4.78 is 140. The van der Waals surface area contributed by atoms with Gasteiger partial charge < -0.3 is 4.42 Å².